The largest absolute Gasteiger partial charge is 0.455 e. The van der Waals surface area contributed by atoms with E-state index in [9.17, 15) is 0 Å². The summed E-state index contributed by atoms with van der Waals surface area (Å²) in [6.07, 6.45) is 8.65. The molecule has 2 aromatic heterocycles. The van der Waals surface area contributed by atoms with Gasteiger partial charge in [-0.25, -0.2) is 9.97 Å². The highest BCUT2D eigenvalue weighted by Gasteiger charge is 2.19. The normalized spacial score (nSPS) is 13.2. The molecular weight excluding hydrogens is 597 g/mol. The summed E-state index contributed by atoms with van der Waals surface area (Å²) in [5.74, 6) is 0.764. The molecule has 49 heavy (non-hydrogen) atoms. The van der Waals surface area contributed by atoms with Crippen LogP contribution in [0.2, 0.25) is 0 Å². The number of hydrogen-bond acceptors (Lipinski definition) is 3. The molecule has 0 bridgehead atoms. The second-order valence-corrected chi connectivity index (χ2v) is 12.8. The smallest absolute Gasteiger partial charge is 0.160 e. The van der Waals surface area contributed by atoms with Gasteiger partial charge in [0.25, 0.3) is 0 Å². The van der Waals surface area contributed by atoms with Crippen LogP contribution in [0.15, 0.2) is 162 Å². The standard InChI is InChI=1S/C46H30N2O/c1-2-12-32(13-3-1)46-47-41-20-9-8-18-38(41)44(48-46)34-25-26-42-40(28-34)43-39(27-33-14-5-7-17-37(33)45(43)49-42)31-23-21-30(22-24-31)36-19-10-15-29-11-4-6-16-35(29)36/h2,4-28H,1,3H2. The van der Waals surface area contributed by atoms with E-state index >= 15 is 0 Å². The Kier molecular flexibility index (Phi) is 6.31. The Labute approximate surface area is 283 Å². The maximum Gasteiger partial charge on any atom is 0.160 e. The second-order valence-electron chi connectivity index (χ2n) is 12.8. The van der Waals surface area contributed by atoms with Crippen molar-refractivity contribution in [2.24, 2.45) is 0 Å². The van der Waals surface area contributed by atoms with Crippen molar-refractivity contribution in [3.05, 3.63) is 164 Å². The number of rotatable bonds is 4. The van der Waals surface area contributed by atoms with Gasteiger partial charge in [-0.3, -0.25) is 0 Å². The van der Waals surface area contributed by atoms with E-state index in [-0.39, 0.29) is 0 Å². The summed E-state index contributed by atoms with van der Waals surface area (Å²) >= 11 is 0. The van der Waals surface area contributed by atoms with Gasteiger partial charge in [-0.05, 0) is 81.6 Å². The summed E-state index contributed by atoms with van der Waals surface area (Å²) in [7, 11) is 0. The van der Waals surface area contributed by atoms with E-state index in [1.165, 1.54) is 21.9 Å². The topological polar surface area (TPSA) is 38.9 Å². The average Bonchev–Trinajstić information content (AvgIpc) is 3.57. The Morgan fingerprint density at radius 2 is 1.22 bits per heavy atom. The maximum atomic E-state index is 6.72. The fourth-order valence-corrected chi connectivity index (χ4v) is 7.50. The van der Waals surface area contributed by atoms with E-state index in [0.29, 0.717) is 0 Å². The molecule has 0 saturated carbocycles. The summed E-state index contributed by atoms with van der Waals surface area (Å²) in [5, 5.41) is 8.00. The first-order chi connectivity index (χ1) is 24.3. The lowest BCUT2D eigenvalue weighted by atomic mass is 9.92. The highest BCUT2D eigenvalue weighted by Crippen LogP contribution is 2.43. The molecule has 1 aliphatic rings. The molecule has 3 heteroatoms. The quantitative estimate of drug-likeness (QED) is 0.195. The third kappa shape index (κ3) is 4.58. The van der Waals surface area contributed by atoms with Gasteiger partial charge in [-0.1, -0.05) is 127 Å². The first kappa shape index (κ1) is 27.8. The number of aromatic nitrogens is 2. The third-order valence-corrected chi connectivity index (χ3v) is 9.89. The first-order valence-electron chi connectivity index (χ1n) is 16.9. The molecule has 0 amide bonds. The van der Waals surface area contributed by atoms with Gasteiger partial charge in [0.1, 0.15) is 11.2 Å². The first-order valence-corrected chi connectivity index (χ1v) is 16.9. The average molecular weight is 627 g/mol. The predicted molar refractivity (Wildman–Crippen MR) is 204 cm³/mol. The fraction of sp³-hybridized carbons (Fsp3) is 0.0435. The van der Waals surface area contributed by atoms with Gasteiger partial charge < -0.3 is 4.42 Å². The molecule has 10 rings (SSSR count). The Bertz CT molecular complexity index is 2810. The van der Waals surface area contributed by atoms with Gasteiger partial charge >= 0.3 is 0 Å². The third-order valence-electron chi connectivity index (χ3n) is 9.89. The summed E-state index contributed by atoms with van der Waals surface area (Å²) in [5.41, 5.74) is 10.5. The van der Waals surface area contributed by atoms with E-state index in [1.807, 2.05) is 6.07 Å². The van der Waals surface area contributed by atoms with Crippen molar-refractivity contribution in [1.82, 2.24) is 9.97 Å². The van der Waals surface area contributed by atoms with Gasteiger partial charge in [0.15, 0.2) is 5.82 Å². The van der Waals surface area contributed by atoms with Gasteiger partial charge in [0.2, 0.25) is 0 Å². The molecule has 0 saturated heterocycles. The van der Waals surface area contributed by atoms with Crippen molar-refractivity contribution >= 4 is 60.0 Å². The van der Waals surface area contributed by atoms with E-state index in [0.717, 1.165) is 90.2 Å². The van der Waals surface area contributed by atoms with Crippen LogP contribution in [-0.2, 0) is 0 Å². The molecule has 3 nitrogen and oxygen atoms in total. The summed E-state index contributed by atoms with van der Waals surface area (Å²) in [6, 6.07) is 49.7. The van der Waals surface area contributed by atoms with Crippen LogP contribution in [0.4, 0.5) is 0 Å². The molecule has 0 spiro atoms. The molecule has 2 heterocycles. The summed E-state index contributed by atoms with van der Waals surface area (Å²) < 4.78 is 6.72. The lowest BCUT2D eigenvalue weighted by Gasteiger charge is -2.12. The van der Waals surface area contributed by atoms with Gasteiger partial charge in [0.05, 0.1) is 11.2 Å². The second kappa shape index (κ2) is 11.1. The Balaban J connectivity index is 1.19. The predicted octanol–water partition coefficient (Wildman–Crippen LogP) is 12.6. The molecule has 1 aliphatic carbocycles. The number of benzene rings is 7. The van der Waals surface area contributed by atoms with Crippen molar-refractivity contribution in [2.75, 3.05) is 0 Å². The van der Waals surface area contributed by atoms with Crippen LogP contribution in [0, 0.1) is 0 Å². The molecule has 0 N–H and O–H groups in total. The molecule has 230 valence electrons. The van der Waals surface area contributed by atoms with E-state index < -0.39 is 0 Å². The highest BCUT2D eigenvalue weighted by atomic mass is 16.3. The molecular formula is C46H30N2O. The molecule has 0 unspecified atom stereocenters. The summed E-state index contributed by atoms with van der Waals surface area (Å²) in [6.45, 7) is 0. The van der Waals surface area contributed by atoms with Crippen LogP contribution in [0.1, 0.15) is 18.7 Å². The Hall–Kier alpha value is -6.32. The highest BCUT2D eigenvalue weighted by molar-refractivity contribution is 6.22. The SMILES string of the molecule is C1=CC(c2nc(-c3ccc4oc5c6ccccc6cc(-c6ccc(-c7cccc8ccccc78)cc6)c5c4c3)c3ccccc3n2)=CCC1. The zero-order valence-corrected chi connectivity index (χ0v) is 26.7. The number of furan rings is 1. The van der Waals surface area contributed by atoms with Crippen molar-refractivity contribution in [3.8, 4) is 33.5 Å². The Morgan fingerprint density at radius 1 is 0.510 bits per heavy atom. The van der Waals surface area contributed by atoms with E-state index in [4.69, 9.17) is 14.4 Å². The van der Waals surface area contributed by atoms with Crippen LogP contribution < -0.4 is 0 Å². The van der Waals surface area contributed by atoms with Crippen LogP contribution in [0.5, 0.6) is 0 Å². The molecule has 0 aliphatic heterocycles. The van der Waals surface area contributed by atoms with E-state index in [2.05, 4.69) is 152 Å². The lowest BCUT2D eigenvalue weighted by Crippen LogP contribution is -1.98. The van der Waals surface area contributed by atoms with Crippen molar-refractivity contribution in [2.45, 2.75) is 12.8 Å². The van der Waals surface area contributed by atoms with Gasteiger partial charge in [-0.15, -0.1) is 0 Å². The van der Waals surface area contributed by atoms with Crippen LogP contribution in [0.25, 0.3) is 93.5 Å². The number of hydrogen-bond donors (Lipinski definition) is 0. The number of para-hydroxylation sites is 1. The van der Waals surface area contributed by atoms with Crippen LogP contribution in [0.3, 0.4) is 0 Å². The minimum Gasteiger partial charge on any atom is -0.455 e. The molecule has 0 fully saturated rings. The van der Waals surface area contributed by atoms with Crippen molar-refractivity contribution in [3.63, 3.8) is 0 Å². The zero-order valence-electron chi connectivity index (χ0n) is 26.7. The molecule has 0 atom stereocenters. The minimum absolute atomic E-state index is 0.764. The number of allylic oxidation sites excluding steroid dienone is 4. The molecule has 7 aromatic carbocycles. The lowest BCUT2D eigenvalue weighted by molar-refractivity contribution is 0.673. The van der Waals surface area contributed by atoms with Crippen molar-refractivity contribution < 1.29 is 4.42 Å². The van der Waals surface area contributed by atoms with Gasteiger partial charge in [-0.2, -0.15) is 0 Å². The van der Waals surface area contributed by atoms with Crippen LogP contribution >= 0.6 is 0 Å². The van der Waals surface area contributed by atoms with Gasteiger partial charge in [0, 0.05) is 32.7 Å². The minimum atomic E-state index is 0.764. The van der Waals surface area contributed by atoms with Crippen LogP contribution in [-0.4, -0.2) is 9.97 Å². The monoisotopic (exact) mass is 626 g/mol. The molecule has 0 radical (unpaired) electrons. The maximum absolute atomic E-state index is 6.72. The van der Waals surface area contributed by atoms with Crippen molar-refractivity contribution in [1.29, 1.82) is 0 Å². The zero-order chi connectivity index (χ0) is 32.3. The summed E-state index contributed by atoms with van der Waals surface area (Å²) in [4.78, 5) is 10.2. The number of fused-ring (bicyclic) bond motifs is 7. The molecule has 9 aromatic rings. The number of nitrogens with zero attached hydrogens (tertiary/aromatic N) is 2. The fourth-order valence-electron chi connectivity index (χ4n) is 7.50. The van der Waals surface area contributed by atoms with E-state index in [1.54, 1.807) is 0 Å². The Morgan fingerprint density at radius 3 is 2.06 bits per heavy atom.